The minimum atomic E-state index is 0.199. The van der Waals surface area contributed by atoms with Crippen molar-refractivity contribution in [1.82, 2.24) is 0 Å². The summed E-state index contributed by atoms with van der Waals surface area (Å²) in [6.07, 6.45) is 0. The molecule has 0 unspecified atom stereocenters. The molecule has 3 heteroatoms. The fraction of sp³-hybridized carbons (Fsp3) is 0. The Kier molecular flexibility index (Phi) is 3.22. The molecule has 1 nitrogen and oxygen atoms in total. The number of hydrogen-bond acceptors (Lipinski definition) is 2. The molecule has 1 rings (SSSR count). The van der Waals surface area contributed by atoms with Gasteiger partial charge in [0.05, 0.1) is 0 Å². The van der Waals surface area contributed by atoms with Gasteiger partial charge in [0.15, 0.2) is 0 Å². The van der Waals surface area contributed by atoms with Gasteiger partial charge in [0.2, 0.25) is 0 Å². The Labute approximate surface area is 80.6 Å². The number of benzene rings is 1. The number of rotatable bonds is 1. The van der Waals surface area contributed by atoms with E-state index in [1.54, 1.807) is 0 Å². The fourth-order valence-electron chi connectivity index (χ4n) is 0.692. The summed E-state index contributed by atoms with van der Waals surface area (Å²) in [5.74, 6) is 0. The summed E-state index contributed by atoms with van der Waals surface area (Å²) in [6.45, 7) is 0. The zero-order valence-corrected chi connectivity index (χ0v) is 12.2. The topological polar surface area (TPSA) is 9.23 Å². The second kappa shape index (κ2) is 3.98. The summed E-state index contributed by atoms with van der Waals surface area (Å²) in [4.78, 5) is 0. The zero-order chi connectivity index (χ0) is 7.40. The third-order valence-corrected chi connectivity index (χ3v) is 3.61. The molecule has 0 aromatic heterocycles. The molecule has 1 aromatic rings. The van der Waals surface area contributed by atoms with Crippen LogP contribution in [0.1, 0.15) is 5.56 Å². The Hall–Kier alpha value is -0.0199. The molecular formula is C7H7InOS. The van der Waals surface area contributed by atoms with Crippen LogP contribution in [0.4, 0.5) is 0 Å². The molecule has 0 bridgehead atoms. The van der Waals surface area contributed by atoms with E-state index in [4.69, 9.17) is 15.1 Å². The maximum atomic E-state index is 5.08. The van der Waals surface area contributed by atoms with Gasteiger partial charge in [-0.2, -0.15) is 0 Å². The summed E-state index contributed by atoms with van der Waals surface area (Å²) < 4.78 is 5.08. The Morgan fingerprint density at radius 2 is 1.90 bits per heavy atom. The fourth-order valence-corrected chi connectivity index (χ4v) is 1.50. The predicted octanol–water partition coefficient (Wildman–Crippen LogP) is 0.927. The van der Waals surface area contributed by atoms with Crippen molar-refractivity contribution in [3.63, 3.8) is 0 Å². The summed E-state index contributed by atoms with van der Waals surface area (Å²) in [7, 11) is 0. The van der Waals surface area contributed by atoms with Gasteiger partial charge in [0, 0.05) is 0 Å². The van der Waals surface area contributed by atoms with Crippen molar-refractivity contribution in [3.8, 4) is 0 Å². The van der Waals surface area contributed by atoms with Crippen molar-refractivity contribution in [2.24, 2.45) is 0 Å². The Morgan fingerprint density at radius 3 is 2.40 bits per heavy atom. The molecule has 0 spiro atoms. The summed E-state index contributed by atoms with van der Waals surface area (Å²) in [6, 6.07) is 9.78. The van der Waals surface area contributed by atoms with Crippen molar-refractivity contribution in [1.29, 1.82) is 0 Å². The van der Waals surface area contributed by atoms with Crippen LogP contribution in [0.25, 0.3) is 0 Å². The second-order valence-corrected chi connectivity index (χ2v) is 3.39. The van der Waals surface area contributed by atoms with E-state index < -0.39 is 0 Å². The van der Waals surface area contributed by atoms with Crippen LogP contribution in [0, 0.1) is 0 Å². The van der Waals surface area contributed by atoms with Crippen molar-refractivity contribution in [2.75, 3.05) is 0 Å². The van der Waals surface area contributed by atoms with Gasteiger partial charge in [-0.25, -0.2) is 0 Å². The van der Waals surface area contributed by atoms with Crippen molar-refractivity contribution >= 4 is 42.1 Å². The van der Waals surface area contributed by atoms with E-state index in [9.17, 15) is 0 Å². The molecule has 0 saturated heterocycles. The first-order valence-electron chi connectivity index (χ1n) is 2.98. The van der Waals surface area contributed by atoms with Crippen LogP contribution in [0.3, 0.4) is 0 Å². The molecule has 0 heterocycles. The normalized spacial score (nSPS) is 8.80. The first-order valence-corrected chi connectivity index (χ1v) is 5.72. The van der Waals surface area contributed by atoms with Gasteiger partial charge >= 0.3 is 80.8 Å². The molecule has 1 aromatic carbocycles. The maximum absolute atomic E-state index is 5.08. The van der Waals surface area contributed by atoms with Gasteiger partial charge < -0.3 is 0 Å². The van der Waals surface area contributed by atoms with Crippen LogP contribution >= 0.6 is 12.2 Å². The van der Waals surface area contributed by atoms with E-state index in [1.165, 1.54) is 0 Å². The minimum absolute atomic E-state index is 0.199. The Balaban J connectivity index is 2.85. The first-order chi connectivity index (χ1) is 4.84. The van der Waals surface area contributed by atoms with E-state index in [-0.39, 0.29) is 24.8 Å². The van der Waals surface area contributed by atoms with E-state index >= 15 is 0 Å². The molecule has 0 atom stereocenters. The predicted molar refractivity (Wildman–Crippen MR) is 47.8 cm³/mol. The first kappa shape index (κ1) is 8.08. The van der Waals surface area contributed by atoms with E-state index in [0.717, 1.165) is 5.56 Å². The summed E-state index contributed by atoms with van der Waals surface area (Å²) in [5.41, 5.74) is 1.01. The van der Waals surface area contributed by atoms with Gasteiger partial charge in [0.1, 0.15) is 0 Å². The van der Waals surface area contributed by atoms with Gasteiger partial charge in [-0.3, -0.25) is 0 Å². The average Bonchev–Trinajstić information content (AvgIpc) is 2.05. The van der Waals surface area contributed by atoms with Crippen molar-refractivity contribution < 1.29 is 2.85 Å². The van der Waals surface area contributed by atoms with Gasteiger partial charge in [-0.1, -0.05) is 0 Å². The summed E-state index contributed by atoms with van der Waals surface area (Å²) >= 11 is 5.15. The molecule has 0 amide bonds. The molecule has 0 fully saturated rings. The van der Waals surface area contributed by atoms with Crippen LogP contribution in [0.15, 0.2) is 30.3 Å². The molecule has 0 aliphatic heterocycles. The van der Waals surface area contributed by atoms with Crippen LogP contribution < -0.4 is 0 Å². The summed E-state index contributed by atoms with van der Waals surface area (Å²) in [5, 5.41) is 0.636. The molecule has 0 saturated carbocycles. The van der Waals surface area contributed by atoms with E-state index in [2.05, 4.69) is 0 Å². The van der Waals surface area contributed by atoms with E-state index in [1.807, 2.05) is 30.3 Å². The zero-order valence-electron chi connectivity index (χ0n) is 5.70. The van der Waals surface area contributed by atoms with E-state index in [0.29, 0.717) is 5.05 Å². The van der Waals surface area contributed by atoms with Crippen molar-refractivity contribution in [3.05, 3.63) is 35.9 Å². The molecule has 0 aliphatic carbocycles. The molecule has 50 valence electrons. The van der Waals surface area contributed by atoms with Crippen LogP contribution in [-0.4, -0.2) is 29.9 Å². The molecule has 0 radical (unpaired) electrons. The monoisotopic (exact) mass is 254 g/mol. The standard InChI is InChI=1S/C7H6OS.In.2H/c8-7(9)6-4-2-1-3-5-6;;;/h1-5H,(H,8,9);;;/q;+1;;/p-1. The Morgan fingerprint density at radius 1 is 1.30 bits per heavy atom. The average molecular weight is 254 g/mol. The van der Waals surface area contributed by atoms with Gasteiger partial charge in [0.25, 0.3) is 0 Å². The Bertz CT molecular complexity index is 222. The van der Waals surface area contributed by atoms with Crippen LogP contribution in [0.2, 0.25) is 0 Å². The second-order valence-electron chi connectivity index (χ2n) is 1.86. The van der Waals surface area contributed by atoms with Crippen molar-refractivity contribution in [2.45, 2.75) is 0 Å². The number of thiocarbonyl (C=S) groups is 1. The van der Waals surface area contributed by atoms with Crippen LogP contribution in [-0.2, 0) is 2.85 Å². The quantitative estimate of drug-likeness (QED) is 0.689. The van der Waals surface area contributed by atoms with Gasteiger partial charge in [-0.15, -0.1) is 0 Å². The molecular weight excluding hydrogens is 247 g/mol. The SMILES string of the molecule is S=C([O][InH2])c1ccccc1. The molecule has 0 aliphatic rings. The third-order valence-electron chi connectivity index (χ3n) is 1.19. The molecule has 10 heavy (non-hydrogen) atoms. The number of hydrogen-bond donors (Lipinski definition) is 0. The molecule has 0 N–H and O–H groups in total. The third kappa shape index (κ3) is 1.99. The van der Waals surface area contributed by atoms with Crippen LogP contribution in [0.5, 0.6) is 0 Å². The van der Waals surface area contributed by atoms with Gasteiger partial charge in [-0.05, 0) is 0 Å².